The Morgan fingerprint density at radius 1 is 1.35 bits per heavy atom. The molecule has 0 aromatic carbocycles. The van der Waals surface area contributed by atoms with Crippen LogP contribution in [0.5, 0.6) is 6.01 Å². The molecule has 2 rings (SSSR count). The summed E-state index contributed by atoms with van der Waals surface area (Å²) in [5, 5.41) is 9.78. The van der Waals surface area contributed by atoms with Crippen molar-refractivity contribution >= 4 is 17.2 Å². The Hall–Kier alpha value is -1.84. The van der Waals surface area contributed by atoms with Gasteiger partial charge in [-0.15, -0.1) is 0 Å². The van der Waals surface area contributed by atoms with E-state index in [1.165, 1.54) is 0 Å². The van der Waals surface area contributed by atoms with Crippen LogP contribution in [0.25, 0.3) is 17.2 Å². The van der Waals surface area contributed by atoms with Gasteiger partial charge in [-0.25, -0.2) is 4.98 Å². The number of pyridine rings is 1. The third-order valence-electron chi connectivity index (χ3n) is 2.79. The Kier molecular flexibility index (Phi) is 3.42. The number of imidazole rings is 1. The minimum absolute atomic E-state index is 0.0461. The van der Waals surface area contributed by atoms with Crippen LogP contribution in [0.2, 0.25) is 0 Å². The molecular weight excluding hydrogens is 214 g/mol. The summed E-state index contributed by atoms with van der Waals surface area (Å²) in [7, 11) is 0. The number of nitrogens with zero attached hydrogens (tertiary/aromatic N) is 3. The number of rotatable bonds is 5. The van der Waals surface area contributed by atoms with Crippen molar-refractivity contribution in [3.63, 3.8) is 0 Å². The smallest absolute Gasteiger partial charge is 0.296 e. The number of aromatic nitrogens is 3. The van der Waals surface area contributed by atoms with Gasteiger partial charge in [-0.1, -0.05) is 26.3 Å². The number of fused-ring (bicyclic) bond motifs is 1. The van der Waals surface area contributed by atoms with E-state index in [0.717, 1.165) is 42.7 Å². The zero-order valence-electron chi connectivity index (χ0n) is 10.1. The fourth-order valence-corrected chi connectivity index (χ4v) is 1.84. The first-order valence-corrected chi connectivity index (χ1v) is 5.95. The number of aromatic hydroxyl groups is 1. The second-order valence-electron chi connectivity index (χ2n) is 4.05. The highest BCUT2D eigenvalue weighted by molar-refractivity contribution is 5.73. The number of hydrogen-bond donors (Lipinski definition) is 1. The lowest BCUT2D eigenvalue weighted by molar-refractivity contribution is 0.396. The molecule has 4 heteroatoms. The topological polar surface area (TPSA) is 50.9 Å². The van der Waals surface area contributed by atoms with E-state index in [9.17, 15) is 5.11 Å². The number of hydrogen-bond acceptors (Lipinski definition) is 3. The van der Waals surface area contributed by atoms with Crippen LogP contribution >= 0.6 is 0 Å². The molecule has 0 amide bonds. The van der Waals surface area contributed by atoms with Crippen LogP contribution in [0.1, 0.15) is 31.9 Å². The molecule has 2 heterocycles. The van der Waals surface area contributed by atoms with Crippen LogP contribution in [0.15, 0.2) is 18.7 Å². The monoisotopic (exact) mass is 231 g/mol. The van der Waals surface area contributed by atoms with Crippen LogP contribution in [-0.4, -0.2) is 19.6 Å². The first kappa shape index (κ1) is 11.6. The highest BCUT2D eigenvalue weighted by Crippen LogP contribution is 2.20. The van der Waals surface area contributed by atoms with Gasteiger partial charge in [-0.3, -0.25) is 4.57 Å². The summed E-state index contributed by atoms with van der Waals surface area (Å²) in [6, 6.07) is 3.75. The van der Waals surface area contributed by atoms with E-state index in [-0.39, 0.29) is 6.01 Å². The van der Waals surface area contributed by atoms with Crippen LogP contribution in [0.3, 0.4) is 0 Å². The zero-order chi connectivity index (χ0) is 12.3. The average molecular weight is 231 g/mol. The second-order valence-corrected chi connectivity index (χ2v) is 4.05. The van der Waals surface area contributed by atoms with Crippen molar-refractivity contribution in [2.24, 2.45) is 0 Å². The van der Waals surface area contributed by atoms with Crippen molar-refractivity contribution in [3.8, 4) is 6.01 Å². The Morgan fingerprint density at radius 2 is 2.18 bits per heavy atom. The third kappa shape index (κ3) is 2.30. The molecule has 4 nitrogen and oxygen atoms in total. The van der Waals surface area contributed by atoms with E-state index < -0.39 is 0 Å². The Bertz CT molecular complexity index is 531. The molecule has 90 valence electrons. The lowest BCUT2D eigenvalue weighted by Crippen LogP contribution is -1.99. The molecule has 2 aromatic rings. The van der Waals surface area contributed by atoms with Gasteiger partial charge in [0.25, 0.3) is 6.01 Å². The van der Waals surface area contributed by atoms with Gasteiger partial charge in [0.05, 0.1) is 5.69 Å². The summed E-state index contributed by atoms with van der Waals surface area (Å²) in [6.07, 6.45) is 5.01. The molecule has 1 N–H and O–H groups in total. The molecule has 17 heavy (non-hydrogen) atoms. The molecule has 2 aromatic heterocycles. The van der Waals surface area contributed by atoms with Crippen molar-refractivity contribution in [2.75, 3.05) is 0 Å². The lowest BCUT2D eigenvalue weighted by atomic mass is 10.2. The molecule has 0 saturated heterocycles. The lowest BCUT2D eigenvalue weighted by Gasteiger charge is -2.04. The molecule has 0 spiro atoms. The zero-order valence-corrected chi connectivity index (χ0v) is 10.1. The van der Waals surface area contributed by atoms with Crippen LogP contribution < -0.4 is 0 Å². The highest BCUT2D eigenvalue weighted by Gasteiger charge is 2.10. The summed E-state index contributed by atoms with van der Waals surface area (Å²) >= 11 is 0. The van der Waals surface area contributed by atoms with E-state index in [2.05, 4.69) is 23.5 Å². The highest BCUT2D eigenvalue weighted by atomic mass is 16.3. The van der Waals surface area contributed by atoms with Gasteiger partial charge in [0.15, 0.2) is 5.65 Å². The second kappa shape index (κ2) is 4.99. The number of aryl methyl sites for hydroxylation is 1. The Labute approximate surface area is 101 Å². The SMILES string of the molecule is C=Cc1ccc2nc(O)n(CCCCC)c2n1. The van der Waals surface area contributed by atoms with Gasteiger partial charge in [-0.05, 0) is 24.6 Å². The van der Waals surface area contributed by atoms with Crippen molar-refractivity contribution in [3.05, 3.63) is 24.4 Å². The van der Waals surface area contributed by atoms with Crippen molar-refractivity contribution in [1.29, 1.82) is 0 Å². The van der Waals surface area contributed by atoms with Gasteiger partial charge in [0, 0.05) is 6.54 Å². The van der Waals surface area contributed by atoms with Gasteiger partial charge < -0.3 is 5.11 Å². The minimum Gasteiger partial charge on any atom is -0.480 e. The van der Waals surface area contributed by atoms with Gasteiger partial charge >= 0.3 is 0 Å². The van der Waals surface area contributed by atoms with Gasteiger partial charge in [0.2, 0.25) is 0 Å². The quantitative estimate of drug-likeness (QED) is 0.805. The maximum absolute atomic E-state index is 9.78. The first-order valence-electron chi connectivity index (χ1n) is 5.95. The van der Waals surface area contributed by atoms with Crippen LogP contribution in [0, 0.1) is 0 Å². The van der Waals surface area contributed by atoms with E-state index in [0.29, 0.717) is 0 Å². The predicted octanol–water partition coefficient (Wildman–Crippen LogP) is 2.97. The average Bonchev–Trinajstić information content (AvgIpc) is 2.65. The molecule has 0 aliphatic rings. The number of unbranched alkanes of at least 4 members (excludes halogenated alkanes) is 2. The molecule has 0 radical (unpaired) electrons. The molecule has 0 aliphatic carbocycles. The summed E-state index contributed by atoms with van der Waals surface area (Å²) in [6.45, 7) is 6.60. The molecule has 0 atom stereocenters. The maximum atomic E-state index is 9.78. The Morgan fingerprint density at radius 3 is 2.88 bits per heavy atom. The predicted molar refractivity (Wildman–Crippen MR) is 68.8 cm³/mol. The Balaban J connectivity index is 2.38. The largest absolute Gasteiger partial charge is 0.480 e. The summed E-state index contributed by atoms with van der Waals surface area (Å²) in [5.41, 5.74) is 2.26. The molecule has 0 unspecified atom stereocenters. The van der Waals surface area contributed by atoms with E-state index >= 15 is 0 Å². The van der Waals surface area contributed by atoms with Crippen LogP contribution in [0.4, 0.5) is 0 Å². The third-order valence-corrected chi connectivity index (χ3v) is 2.79. The maximum Gasteiger partial charge on any atom is 0.296 e. The molecule has 0 fully saturated rings. The van der Waals surface area contributed by atoms with E-state index in [1.807, 2.05) is 12.1 Å². The summed E-state index contributed by atoms with van der Waals surface area (Å²) < 4.78 is 1.76. The van der Waals surface area contributed by atoms with E-state index in [4.69, 9.17) is 0 Å². The van der Waals surface area contributed by atoms with Gasteiger partial charge in [-0.2, -0.15) is 4.98 Å². The minimum atomic E-state index is 0.0461. The van der Waals surface area contributed by atoms with Crippen molar-refractivity contribution in [2.45, 2.75) is 32.7 Å². The normalized spacial score (nSPS) is 10.9. The summed E-state index contributed by atoms with van der Waals surface area (Å²) in [4.78, 5) is 8.50. The standard InChI is InChI=1S/C13H17N3O/c1-3-5-6-9-16-12-11(15-13(16)17)8-7-10(4-2)14-12/h4,7-8H,2-3,5-6,9H2,1H3,(H,15,17). The molecule has 0 bridgehead atoms. The van der Waals surface area contributed by atoms with Crippen molar-refractivity contribution in [1.82, 2.24) is 14.5 Å². The summed E-state index contributed by atoms with van der Waals surface area (Å²) in [5.74, 6) is 0. The van der Waals surface area contributed by atoms with E-state index in [1.54, 1.807) is 10.6 Å². The molecular formula is C13H17N3O. The molecule has 0 aliphatic heterocycles. The fraction of sp³-hybridized carbons (Fsp3) is 0.385. The molecule has 0 saturated carbocycles. The fourth-order valence-electron chi connectivity index (χ4n) is 1.84. The van der Waals surface area contributed by atoms with Crippen LogP contribution in [-0.2, 0) is 6.54 Å². The van der Waals surface area contributed by atoms with Gasteiger partial charge in [0.1, 0.15) is 5.52 Å². The van der Waals surface area contributed by atoms with Crippen molar-refractivity contribution < 1.29 is 5.11 Å². The first-order chi connectivity index (χ1) is 8.26.